The van der Waals surface area contributed by atoms with Crippen molar-refractivity contribution in [1.29, 1.82) is 0 Å². The number of aliphatic hydroxyl groups is 1. The Hall–Kier alpha value is -2.36. The minimum Gasteiger partial charge on any atom is -0.493 e. The van der Waals surface area contributed by atoms with Gasteiger partial charge in [-0.15, -0.1) is 0 Å². The highest BCUT2D eigenvalue weighted by Crippen LogP contribution is 2.28. The van der Waals surface area contributed by atoms with Crippen LogP contribution in [0.25, 0.3) is 0 Å². The highest BCUT2D eigenvalue weighted by molar-refractivity contribution is 9.10. The van der Waals surface area contributed by atoms with Crippen molar-refractivity contribution in [2.24, 2.45) is 0 Å². The summed E-state index contributed by atoms with van der Waals surface area (Å²) in [4.78, 5) is 20.5. The summed E-state index contributed by atoms with van der Waals surface area (Å²) in [5.74, 6) is 1.40. The van der Waals surface area contributed by atoms with E-state index in [9.17, 15) is 9.90 Å². The van der Waals surface area contributed by atoms with Crippen LogP contribution in [0.5, 0.6) is 11.5 Å². The zero-order chi connectivity index (χ0) is 21.5. The van der Waals surface area contributed by atoms with Gasteiger partial charge in [0.25, 0.3) is 0 Å². The van der Waals surface area contributed by atoms with E-state index in [1.165, 1.54) is 14.2 Å². The Bertz CT molecular complexity index is 841. The highest BCUT2D eigenvalue weighted by Gasteiger charge is 2.21. The molecule has 1 aliphatic heterocycles. The maximum atomic E-state index is 11.6. The molecular weight excluding hydrogens is 454 g/mol. The van der Waals surface area contributed by atoms with Crippen LogP contribution < -0.4 is 14.4 Å². The van der Waals surface area contributed by atoms with Crippen molar-refractivity contribution in [2.45, 2.75) is 6.10 Å². The molecule has 0 amide bonds. The number of rotatable bonds is 8. The Morgan fingerprint density at radius 3 is 2.57 bits per heavy atom. The van der Waals surface area contributed by atoms with E-state index in [1.54, 1.807) is 24.4 Å². The predicted octanol–water partition coefficient (Wildman–Crippen LogP) is 2.20. The lowest BCUT2D eigenvalue weighted by Crippen LogP contribution is -2.49. The lowest BCUT2D eigenvalue weighted by Gasteiger charge is -2.36. The third kappa shape index (κ3) is 5.84. The molecule has 30 heavy (non-hydrogen) atoms. The van der Waals surface area contributed by atoms with Crippen LogP contribution in [0.15, 0.2) is 41.0 Å². The third-order valence-electron chi connectivity index (χ3n) is 4.89. The molecule has 1 unspecified atom stereocenters. The molecule has 162 valence electrons. The number of hydrogen-bond donors (Lipinski definition) is 1. The number of aromatic nitrogens is 1. The van der Waals surface area contributed by atoms with Crippen molar-refractivity contribution in [3.05, 3.63) is 46.6 Å². The normalized spacial score (nSPS) is 15.5. The first-order valence-corrected chi connectivity index (χ1v) is 10.5. The summed E-state index contributed by atoms with van der Waals surface area (Å²) in [6, 6.07) is 8.79. The van der Waals surface area contributed by atoms with Crippen molar-refractivity contribution in [1.82, 2.24) is 9.88 Å². The summed E-state index contributed by atoms with van der Waals surface area (Å²) >= 11 is 3.40. The van der Waals surface area contributed by atoms with E-state index in [1.807, 2.05) is 12.1 Å². The monoisotopic (exact) mass is 479 g/mol. The minimum atomic E-state index is -0.646. The molecule has 8 nitrogen and oxygen atoms in total. The number of anilines is 1. The summed E-state index contributed by atoms with van der Waals surface area (Å²) < 4.78 is 16.7. The molecule has 1 fully saturated rings. The van der Waals surface area contributed by atoms with Gasteiger partial charge < -0.3 is 24.2 Å². The van der Waals surface area contributed by atoms with Gasteiger partial charge in [-0.3, -0.25) is 4.90 Å². The molecule has 0 radical (unpaired) electrons. The minimum absolute atomic E-state index is 0.127. The second-order valence-corrected chi connectivity index (χ2v) is 7.86. The van der Waals surface area contributed by atoms with E-state index in [0.29, 0.717) is 23.6 Å². The fraction of sp³-hybridized carbons (Fsp3) is 0.429. The predicted molar refractivity (Wildman–Crippen MR) is 116 cm³/mol. The number of β-amino-alcohol motifs (C(OH)–C–C–N with tert-alkyl or cyclic N) is 1. The van der Waals surface area contributed by atoms with Gasteiger partial charge in [0.05, 0.1) is 19.8 Å². The zero-order valence-electron chi connectivity index (χ0n) is 17.1. The highest BCUT2D eigenvalue weighted by atomic mass is 79.9. The smallest absolute Gasteiger partial charge is 0.337 e. The number of esters is 1. The van der Waals surface area contributed by atoms with Crippen molar-refractivity contribution < 1.29 is 24.1 Å². The molecule has 1 N–H and O–H groups in total. The van der Waals surface area contributed by atoms with E-state index >= 15 is 0 Å². The van der Waals surface area contributed by atoms with Gasteiger partial charge in [-0.05, 0) is 46.3 Å². The number of aliphatic hydroxyl groups excluding tert-OH is 1. The van der Waals surface area contributed by atoms with Crippen LogP contribution in [0, 0.1) is 0 Å². The zero-order valence-corrected chi connectivity index (χ0v) is 18.7. The van der Waals surface area contributed by atoms with E-state index in [2.05, 4.69) is 30.7 Å². The van der Waals surface area contributed by atoms with Crippen molar-refractivity contribution >= 4 is 27.7 Å². The van der Waals surface area contributed by atoms with E-state index in [0.717, 1.165) is 36.5 Å². The van der Waals surface area contributed by atoms with Crippen LogP contribution in [0.4, 0.5) is 5.82 Å². The Balaban J connectivity index is 1.47. The number of methoxy groups -OCH3 is 2. The van der Waals surface area contributed by atoms with Crippen LogP contribution in [-0.2, 0) is 4.74 Å². The first-order valence-electron chi connectivity index (χ1n) is 9.66. The largest absolute Gasteiger partial charge is 0.493 e. The Labute approximate surface area is 184 Å². The van der Waals surface area contributed by atoms with Gasteiger partial charge in [-0.2, -0.15) is 0 Å². The van der Waals surface area contributed by atoms with Gasteiger partial charge in [0.15, 0.2) is 11.5 Å². The molecule has 9 heteroatoms. The molecule has 1 atom stereocenters. The quantitative estimate of drug-likeness (QED) is 0.576. The molecule has 0 spiro atoms. The SMILES string of the molecule is COC(=O)c1ccc(OCC(O)CN2CCN(c3ccc(Br)cn3)CC2)c(OC)c1. The average Bonchev–Trinajstić information content (AvgIpc) is 2.78. The second-order valence-electron chi connectivity index (χ2n) is 6.94. The third-order valence-corrected chi connectivity index (χ3v) is 5.36. The van der Waals surface area contributed by atoms with Crippen LogP contribution >= 0.6 is 15.9 Å². The number of ether oxygens (including phenoxy) is 3. The first-order chi connectivity index (χ1) is 14.5. The summed E-state index contributed by atoms with van der Waals surface area (Å²) in [6.07, 6.45) is 1.15. The van der Waals surface area contributed by atoms with Gasteiger partial charge in [-0.25, -0.2) is 9.78 Å². The molecule has 1 aliphatic rings. The Kier molecular flexibility index (Phi) is 7.89. The van der Waals surface area contributed by atoms with E-state index in [-0.39, 0.29) is 6.61 Å². The number of nitrogens with zero attached hydrogens (tertiary/aromatic N) is 3. The van der Waals surface area contributed by atoms with Crippen LogP contribution in [-0.4, -0.2) is 80.6 Å². The number of benzene rings is 1. The van der Waals surface area contributed by atoms with Gasteiger partial charge in [0, 0.05) is 43.4 Å². The topological polar surface area (TPSA) is 84.4 Å². The molecule has 0 aliphatic carbocycles. The lowest BCUT2D eigenvalue weighted by molar-refractivity contribution is 0.0597. The van der Waals surface area contributed by atoms with Gasteiger partial charge in [-0.1, -0.05) is 0 Å². The number of carbonyl (C=O) groups is 1. The molecular formula is C21H26BrN3O5. The number of carbonyl (C=O) groups excluding carboxylic acids is 1. The fourth-order valence-corrected chi connectivity index (χ4v) is 3.52. The van der Waals surface area contributed by atoms with Crippen molar-refractivity contribution in [3.63, 3.8) is 0 Å². The summed E-state index contributed by atoms with van der Waals surface area (Å²) in [5, 5.41) is 10.4. The van der Waals surface area contributed by atoms with Gasteiger partial charge in [0.2, 0.25) is 0 Å². The first kappa shape index (κ1) is 22.3. The van der Waals surface area contributed by atoms with Gasteiger partial charge >= 0.3 is 5.97 Å². The molecule has 2 heterocycles. The van der Waals surface area contributed by atoms with Gasteiger partial charge in [0.1, 0.15) is 18.5 Å². The summed E-state index contributed by atoms with van der Waals surface area (Å²) in [6.45, 7) is 4.03. The molecule has 2 aromatic rings. The fourth-order valence-electron chi connectivity index (χ4n) is 3.28. The van der Waals surface area contributed by atoms with Crippen molar-refractivity contribution in [2.75, 3.05) is 58.5 Å². The van der Waals surface area contributed by atoms with E-state index in [4.69, 9.17) is 14.2 Å². The summed E-state index contributed by atoms with van der Waals surface area (Å²) in [7, 11) is 2.82. The van der Waals surface area contributed by atoms with Crippen molar-refractivity contribution in [3.8, 4) is 11.5 Å². The maximum absolute atomic E-state index is 11.6. The molecule has 0 saturated carbocycles. The second kappa shape index (κ2) is 10.6. The molecule has 1 aromatic heterocycles. The average molecular weight is 480 g/mol. The molecule has 3 rings (SSSR count). The van der Waals surface area contributed by atoms with Crippen LogP contribution in [0.3, 0.4) is 0 Å². The van der Waals surface area contributed by atoms with E-state index < -0.39 is 12.1 Å². The standard InChI is InChI=1S/C21H26BrN3O5/c1-28-19-11-15(21(27)29-2)3-5-18(19)30-14-17(26)13-24-7-9-25(10-8-24)20-6-4-16(22)12-23-20/h3-6,11-12,17,26H,7-10,13-14H2,1-2H3. The number of hydrogen-bond acceptors (Lipinski definition) is 8. The number of piperazine rings is 1. The Morgan fingerprint density at radius 1 is 1.17 bits per heavy atom. The molecule has 0 bridgehead atoms. The summed E-state index contributed by atoms with van der Waals surface area (Å²) in [5.41, 5.74) is 0.375. The maximum Gasteiger partial charge on any atom is 0.337 e. The van der Waals surface area contributed by atoms with Crippen LogP contribution in [0.1, 0.15) is 10.4 Å². The lowest BCUT2D eigenvalue weighted by atomic mass is 10.2. The number of pyridine rings is 1. The Morgan fingerprint density at radius 2 is 1.93 bits per heavy atom. The molecule has 1 aromatic carbocycles. The molecule has 1 saturated heterocycles. The van der Waals surface area contributed by atoms with Crippen LogP contribution in [0.2, 0.25) is 0 Å². The number of halogens is 1.